The molecule has 0 radical (unpaired) electrons. The van der Waals surface area contributed by atoms with E-state index in [1.807, 2.05) is 13.0 Å². The molecule has 1 N–H and O–H groups in total. The summed E-state index contributed by atoms with van der Waals surface area (Å²) in [7, 11) is -0.357. The zero-order chi connectivity index (χ0) is 14.3. The summed E-state index contributed by atoms with van der Waals surface area (Å²) in [5, 5.41) is 3.15. The van der Waals surface area contributed by atoms with E-state index in [4.69, 9.17) is 4.74 Å². The number of hydrogen-bond donors (Lipinski definition) is 1. The Hall–Kier alpha value is -1.11. The lowest BCUT2D eigenvalue weighted by atomic mass is 10.3. The van der Waals surface area contributed by atoms with Crippen molar-refractivity contribution < 1.29 is 13.2 Å². The van der Waals surface area contributed by atoms with Crippen molar-refractivity contribution in [2.45, 2.75) is 18.2 Å². The minimum atomic E-state index is -3.42. The van der Waals surface area contributed by atoms with Gasteiger partial charge in [-0.1, -0.05) is 12.1 Å². The summed E-state index contributed by atoms with van der Waals surface area (Å²) in [6.45, 7) is 4.00. The van der Waals surface area contributed by atoms with Gasteiger partial charge in [-0.25, -0.2) is 12.7 Å². The molecule has 0 aromatic heterocycles. The van der Waals surface area contributed by atoms with Gasteiger partial charge in [-0.15, -0.1) is 0 Å². The number of nitrogens with zero attached hydrogens (tertiary/aromatic N) is 1. The van der Waals surface area contributed by atoms with Gasteiger partial charge in [0.2, 0.25) is 10.0 Å². The zero-order valence-corrected chi connectivity index (χ0v) is 12.5. The molecule has 0 spiro atoms. The Kier molecular flexibility index (Phi) is 6.27. The van der Waals surface area contributed by atoms with Crippen molar-refractivity contribution in [1.82, 2.24) is 4.31 Å². The number of nitrogens with one attached hydrogen (secondary N) is 1. The summed E-state index contributed by atoms with van der Waals surface area (Å²) in [6, 6.07) is 6.93. The van der Waals surface area contributed by atoms with Crippen LogP contribution in [0.5, 0.6) is 0 Å². The van der Waals surface area contributed by atoms with Crippen LogP contribution in [0.25, 0.3) is 0 Å². The highest BCUT2D eigenvalue weighted by molar-refractivity contribution is 7.89. The summed E-state index contributed by atoms with van der Waals surface area (Å²) >= 11 is 0. The molecule has 19 heavy (non-hydrogen) atoms. The topological polar surface area (TPSA) is 58.6 Å². The van der Waals surface area contributed by atoms with Gasteiger partial charge in [0, 0.05) is 33.9 Å². The van der Waals surface area contributed by atoms with Gasteiger partial charge >= 0.3 is 0 Å². The number of benzene rings is 1. The number of anilines is 1. The fraction of sp³-hybridized carbons (Fsp3) is 0.538. The second-order valence-electron chi connectivity index (χ2n) is 4.26. The largest absolute Gasteiger partial charge is 0.384 e. The Morgan fingerprint density at radius 2 is 1.95 bits per heavy atom. The molecule has 0 aliphatic heterocycles. The molecular formula is C13H22N2O3S. The lowest BCUT2D eigenvalue weighted by Gasteiger charge is -2.16. The molecule has 0 aliphatic rings. The SMILES string of the molecule is CCOCCCNc1ccccc1S(=O)(=O)N(C)C. The lowest BCUT2D eigenvalue weighted by molar-refractivity contribution is 0.147. The van der Waals surface area contributed by atoms with Crippen molar-refractivity contribution in [3.05, 3.63) is 24.3 Å². The second kappa shape index (κ2) is 7.47. The Morgan fingerprint density at radius 1 is 1.26 bits per heavy atom. The lowest BCUT2D eigenvalue weighted by Crippen LogP contribution is -2.23. The molecule has 0 unspecified atom stereocenters. The number of hydrogen-bond acceptors (Lipinski definition) is 4. The molecular weight excluding hydrogens is 264 g/mol. The molecule has 0 heterocycles. The van der Waals surface area contributed by atoms with Crippen LogP contribution in [0.4, 0.5) is 5.69 Å². The van der Waals surface area contributed by atoms with E-state index in [9.17, 15) is 8.42 Å². The van der Waals surface area contributed by atoms with Gasteiger partial charge < -0.3 is 10.1 Å². The average molecular weight is 286 g/mol. The van der Waals surface area contributed by atoms with Crippen molar-refractivity contribution in [2.24, 2.45) is 0 Å². The van der Waals surface area contributed by atoms with Crippen molar-refractivity contribution in [2.75, 3.05) is 39.2 Å². The summed E-state index contributed by atoms with van der Waals surface area (Å²) < 4.78 is 30.8. The molecule has 0 bridgehead atoms. The predicted molar refractivity (Wildman–Crippen MR) is 76.9 cm³/mol. The molecule has 1 aromatic carbocycles. The van der Waals surface area contributed by atoms with E-state index in [2.05, 4.69) is 5.32 Å². The molecule has 0 fully saturated rings. The van der Waals surface area contributed by atoms with Crippen LogP contribution in [-0.2, 0) is 14.8 Å². The summed E-state index contributed by atoms with van der Waals surface area (Å²) in [4.78, 5) is 0.302. The van der Waals surface area contributed by atoms with E-state index < -0.39 is 10.0 Å². The third-order valence-electron chi connectivity index (χ3n) is 2.63. The fourth-order valence-electron chi connectivity index (χ4n) is 1.58. The van der Waals surface area contributed by atoms with Crippen LogP contribution < -0.4 is 5.32 Å². The van der Waals surface area contributed by atoms with Gasteiger partial charge in [0.15, 0.2) is 0 Å². The van der Waals surface area contributed by atoms with Crippen molar-refractivity contribution >= 4 is 15.7 Å². The Labute approximate surface area is 115 Å². The molecule has 0 saturated heterocycles. The van der Waals surface area contributed by atoms with Crippen LogP contribution in [0.1, 0.15) is 13.3 Å². The van der Waals surface area contributed by atoms with Gasteiger partial charge in [-0.05, 0) is 25.5 Å². The van der Waals surface area contributed by atoms with Gasteiger partial charge in [0.1, 0.15) is 4.90 Å². The average Bonchev–Trinajstić information content (AvgIpc) is 2.38. The first kappa shape index (κ1) is 15.9. The number of rotatable bonds is 8. The summed E-state index contributed by atoms with van der Waals surface area (Å²) in [5.41, 5.74) is 0.632. The van der Waals surface area contributed by atoms with Gasteiger partial charge in [-0.3, -0.25) is 0 Å². The third kappa shape index (κ3) is 4.49. The van der Waals surface area contributed by atoms with Gasteiger partial charge in [0.25, 0.3) is 0 Å². The van der Waals surface area contributed by atoms with E-state index in [1.165, 1.54) is 18.4 Å². The van der Waals surface area contributed by atoms with Crippen LogP contribution >= 0.6 is 0 Å². The Bertz CT molecular complexity index is 486. The molecule has 0 atom stereocenters. The standard InChI is InChI=1S/C13H22N2O3S/c1-4-18-11-7-10-14-12-8-5-6-9-13(12)19(16,17)15(2)3/h5-6,8-9,14H,4,7,10-11H2,1-3H3. The van der Waals surface area contributed by atoms with Crippen LogP contribution in [0.15, 0.2) is 29.2 Å². The molecule has 6 heteroatoms. The molecule has 1 rings (SSSR count). The normalized spacial score (nSPS) is 11.8. The van der Waals surface area contributed by atoms with E-state index in [-0.39, 0.29) is 0 Å². The van der Waals surface area contributed by atoms with E-state index in [0.29, 0.717) is 30.3 Å². The first-order valence-corrected chi connectivity index (χ1v) is 7.77. The number of sulfonamides is 1. The fourth-order valence-corrected chi connectivity index (χ4v) is 2.64. The molecule has 1 aromatic rings. The maximum Gasteiger partial charge on any atom is 0.244 e. The van der Waals surface area contributed by atoms with Gasteiger partial charge in [0.05, 0.1) is 5.69 Å². The maximum atomic E-state index is 12.1. The first-order chi connectivity index (χ1) is 9.00. The quantitative estimate of drug-likeness (QED) is 0.740. The predicted octanol–water partition coefficient (Wildman–Crippen LogP) is 1.78. The van der Waals surface area contributed by atoms with Crippen LogP contribution in [0.2, 0.25) is 0 Å². The number of ether oxygens (including phenoxy) is 1. The third-order valence-corrected chi connectivity index (χ3v) is 4.50. The summed E-state index contributed by atoms with van der Waals surface area (Å²) in [5.74, 6) is 0. The number of para-hydroxylation sites is 1. The van der Waals surface area contributed by atoms with E-state index in [1.54, 1.807) is 18.2 Å². The molecule has 5 nitrogen and oxygen atoms in total. The van der Waals surface area contributed by atoms with Crippen LogP contribution in [0, 0.1) is 0 Å². The second-order valence-corrected chi connectivity index (χ2v) is 6.38. The minimum Gasteiger partial charge on any atom is -0.384 e. The minimum absolute atomic E-state index is 0.302. The highest BCUT2D eigenvalue weighted by Gasteiger charge is 2.20. The molecule has 0 amide bonds. The molecule has 0 aliphatic carbocycles. The molecule has 0 saturated carbocycles. The Balaban J connectivity index is 2.74. The van der Waals surface area contributed by atoms with Gasteiger partial charge in [-0.2, -0.15) is 0 Å². The van der Waals surface area contributed by atoms with Crippen molar-refractivity contribution in [1.29, 1.82) is 0 Å². The maximum absolute atomic E-state index is 12.1. The monoisotopic (exact) mass is 286 g/mol. The highest BCUT2D eigenvalue weighted by Crippen LogP contribution is 2.22. The molecule has 108 valence electrons. The Morgan fingerprint density at radius 3 is 2.58 bits per heavy atom. The van der Waals surface area contributed by atoms with Crippen molar-refractivity contribution in [3.63, 3.8) is 0 Å². The van der Waals surface area contributed by atoms with Crippen LogP contribution in [0.3, 0.4) is 0 Å². The van der Waals surface area contributed by atoms with Crippen molar-refractivity contribution in [3.8, 4) is 0 Å². The van der Waals surface area contributed by atoms with E-state index >= 15 is 0 Å². The van der Waals surface area contributed by atoms with Crippen LogP contribution in [-0.4, -0.2) is 46.6 Å². The van der Waals surface area contributed by atoms with E-state index in [0.717, 1.165) is 6.42 Å². The zero-order valence-electron chi connectivity index (χ0n) is 11.7. The highest BCUT2D eigenvalue weighted by atomic mass is 32.2. The summed E-state index contributed by atoms with van der Waals surface area (Å²) in [6.07, 6.45) is 0.837. The smallest absolute Gasteiger partial charge is 0.244 e. The first-order valence-electron chi connectivity index (χ1n) is 6.33.